The Morgan fingerprint density at radius 3 is 2.72 bits per heavy atom. The number of halogens is 3. The molecule has 5 rings (SSSR count). The monoisotopic (exact) mass is 444 g/mol. The van der Waals surface area contributed by atoms with Crippen LogP contribution >= 0.6 is 0 Å². The van der Waals surface area contributed by atoms with E-state index in [2.05, 4.69) is 15.1 Å². The zero-order valence-corrected chi connectivity index (χ0v) is 17.1. The summed E-state index contributed by atoms with van der Waals surface area (Å²) in [7, 11) is 1.54. The predicted molar refractivity (Wildman–Crippen MR) is 110 cm³/mol. The molecular formula is C21H19F3N6O2. The van der Waals surface area contributed by atoms with Crippen LogP contribution < -0.4 is 11.2 Å². The largest absolute Gasteiger partial charge is 0.416 e. The molecule has 11 heteroatoms. The number of hydrogen-bond acceptors (Lipinski definition) is 4. The highest BCUT2D eigenvalue weighted by molar-refractivity contribution is 5.76. The van der Waals surface area contributed by atoms with E-state index < -0.39 is 23.0 Å². The van der Waals surface area contributed by atoms with E-state index in [9.17, 15) is 22.8 Å². The number of fused-ring (bicyclic) bond motifs is 1. The molecule has 1 aromatic carbocycles. The van der Waals surface area contributed by atoms with Crippen molar-refractivity contribution in [2.45, 2.75) is 32.1 Å². The molecule has 0 aliphatic heterocycles. The summed E-state index contributed by atoms with van der Waals surface area (Å²) in [6.07, 6.45) is 0.929. The molecule has 1 fully saturated rings. The SMILES string of the molecule is Cn1c(=O)[nH]c(=O)c2c1nc(-c1cnn(Cc3cccc(C(F)(F)F)c3)c1)n2CC1CC1. The van der Waals surface area contributed by atoms with Crippen molar-refractivity contribution in [3.05, 3.63) is 68.6 Å². The Labute approximate surface area is 178 Å². The van der Waals surface area contributed by atoms with Gasteiger partial charge >= 0.3 is 11.9 Å². The van der Waals surface area contributed by atoms with Gasteiger partial charge in [-0.1, -0.05) is 12.1 Å². The minimum atomic E-state index is -4.41. The molecule has 3 heterocycles. The Hall–Kier alpha value is -3.63. The highest BCUT2D eigenvalue weighted by Gasteiger charge is 2.30. The molecule has 3 aromatic heterocycles. The van der Waals surface area contributed by atoms with E-state index in [1.165, 1.54) is 22.4 Å². The van der Waals surface area contributed by atoms with Crippen molar-refractivity contribution in [1.82, 2.24) is 28.9 Å². The lowest BCUT2D eigenvalue weighted by atomic mass is 10.1. The Morgan fingerprint density at radius 2 is 2.00 bits per heavy atom. The molecule has 0 bridgehead atoms. The van der Waals surface area contributed by atoms with E-state index in [0.717, 1.165) is 25.0 Å². The topological polar surface area (TPSA) is 90.5 Å². The first-order chi connectivity index (χ1) is 15.2. The first kappa shape index (κ1) is 20.3. The summed E-state index contributed by atoms with van der Waals surface area (Å²) < 4.78 is 43.6. The highest BCUT2D eigenvalue weighted by Crippen LogP contribution is 2.34. The summed E-state index contributed by atoms with van der Waals surface area (Å²) in [6.45, 7) is 0.734. The molecule has 1 aliphatic carbocycles. The second kappa shape index (κ2) is 7.21. The highest BCUT2D eigenvalue weighted by atomic mass is 19.4. The predicted octanol–water partition coefficient (Wildman–Crippen LogP) is 2.76. The fraction of sp³-hybridized carbons (Fsp3) is 0.333. The molecule has 0 spiro atoms. The first-order valence-electron chi connectivity index (χ1n) is 10.1. The summed E-state index contributed by atoms with van der Waals surface area (Å²) in [5.74, 6) is 0.928. The molecular weight excluding hydrogens is 425 g/mol. The van der Waals surface area contributed by atoms with Crippen molar-refractivity contribution in [3.63, 3.8) is 0 Å². The van der Waals surface area contributed by atoms with Crippen molar-refractivity contribution < 1.29 is 13.2 Å². The van der Waals surface area contributed by atoms with Crippen molar-refractivity contribution in [3.8, 4) is 11.4 Å². The smallest absolute Gasteiger partial charge is 0.318 e. The van der Waals surface area contributed by atoms with Crippen LogP contribution in [0.25, 0.3) is 22.6 Å². The van der Waals surface area contributed by atoms with Crippen LogP contribution in [0.4, 0.5) is 13.2 Å². The van der Waals surface area contributed by atoms with Gasteiger partial charge in [0.2, 0.25) is 0 Å². The van der Waals surface area contributed by atoms with Gasteiger partial charge in [-0.05, 0) is 36.5 Å². The zero-order chi connectivity index (χ0) is 22.6. The summed E-state index contributed by atoms with van der Waals surface area (Å²) in [5.41, 5.74) is -0.0990. The quantitative estimate of drug-likeness (QED) is 0.513. The number of imidazole rings is 1. The van der Waals surface area contributed by atoms with E-state index in [-0.39, 0.29) is 12.2 Å². The van der Waals surface area contributed by atoms with Crippen LogP contribution in [-0.2, 0) is 26.3 Å². The molecule has 166 valence electrons. The number of nitrogens with one attached hydrogen (secondary N) is 1. The normalized spacial score (nSPS) is 14.4. The first-order valence-corrected chi connectivity index (χ1v) is 10.1. The van der Waals surface area contributed by atoms with Crippen LogP contribution in [0.15, 0.2) is 46.2 Å². The Balaban J connectivity index is 1.55. The van der Waals surface area contributed by atoms with Gasteiger partial charge in [0.05, 0.1) is 23.9 Å². The van der Waals surface area contributed by atoms with Crippen LogP contribution in [0, 0.1) is 5.92 Å². The minimum absolute atomic E-state index is 0.145. The number of rotatable bonds is 5. The number of hydrogen-bond donors (Lipinski definition) is 1. The minimum Gasteiger partial charge on any atom is -0.318 e. The van der Waals surface area contributed by atoms with Crippen LogP contribution in [0.3, 0.4) is 0 Å². The fourth-order valence-corrected chi connectivity index (χ4v) is 3.79. The van der Waals surface area contributed by atoms with E-state index in [4.69, 9.17) is 0 Å². The van der Waals surface area contributed by atoms with Gasteiger partial charge in [0.1, 0.15) is 5.82 Å². The van der Waals surface area contributed by atoms with Gasteiger partial charge in [0, 0.05) is 19.8 Å². The number of H-pyrrole nitrogens is 1. The van der Waals surface area contributed by atoms with Gasteiger partial charge in [0.15, 0.2) is 11.2 Å². The van der Waals surface area contributed by atoms with Crippen LogP contribution in [0.5, 0.6) is 0 Å². The van der Waals surface area contributed by atoms with Crippen molar-refractivity contribution in [1.29, 1.82) is 0 Å². The Kier molecular flexibility index (Phi) is 4.57. The molecule has 0 amide bonds. The Bertz CT molecular complexity index is 1440. The van der Waals surface area contributed by atoms with E-state index >= 15 is 0 Å². The molecule has 1 N–H and O–H groups in total. The van der Waals surface area contributed by atoms with E-state index in [0.29, 0.717) is 34.9 Å². The van der Waals surface area contributed by atoms with Crippen molar-refractivity contribution in [2.75, 3.05) is 0 Å². The second-order valence-corrected chi connectivity index (χ2v) is 8.10. The Morgan fingerprint density at radius 1 is 1.22 bits per heavy atom. The number of aromatic nitrogens is 6. The van der Waals surface area contributed by atoms with E-state index in [1.807, 2.05) is 0 Å². The maximum atomic E-state index is 13.0. The van der Waals surface area contributed by atoms with Crippen LogP contribution in [0.2, 0.25) is 0 Å². The number of alkyl halides is 3. The summed E-state index contributed by atoms with van der Waals surface area (Å²) >= 11 is 0. The fourth-order valence-electron chi connectivity index (χ4n) is 3.79. The standard InChI is InChI=1S/C21H19F3N6O2/c1-28-18-16(19(31)27-20(28)32)30(10-12-5-6-12)17(26-18)14-8-25-29(11-14)9-13-3-2-4-15(7-13)21(22,23)24/h2-4,7-8,11-12H,5-6,9-10H2,1H3,(H,27,31,32). The van der Waals surface area contributed by atoms with Gasteiger partial charge in [-0.25, -0.2) is 9.78 Å². The van der Waals surface area contributed by atoms with E-state index in [1.54, 1.807) is 23.0 Å². The third-order valence-electron chi connectivity index (χ3n) is 5.64. The van der Waals surface area contributed by atoms with Crippen molar-refractivity contribution >= 4 is 11.2 Å². The summed E-state index contributed by atoms with van der Waals surface area (Å²) in [4.78, 5) is 31.4. The zero-order valence-electron chi connectivity index (χ0n) is 17.1. The molecule has 1 aliphatic rings. The molecule has 0 radical (unpaired) electrons. The molecule has 0 atom stereocenters. The van der Waals surface area contributed by atoms with Gasteiger partial charge in [0.25, 0.3) is 5.56 Å². The maximum Gasteiger partial charge on any atom is 0.416 e. The molecule has 8 nitrogen and oxygen atoms in total. The van der Waals surface area contributed by atoms with Crippen molar-refractivity contribution in [2.24, 2.45) is 13.0 Å². The van der Waals surface area contributed by atoms with Gasteiger partial charge in [-0.15, -0.1) is 0 Å². The number of nitrogens with zero attached hydrogens (tertiary/aromatic N) is 5. The van der Waals surface area contributed by atoms with Gasteiger partial charge in [-0.2, -0.15) is 18.3 Å². The lowest BCUT2D eigenvalue weighted by Gasteiger charge is -2.09. The number of benzene rings is 1. The molecule has 32 heavy (non-hydrogen) atoms. The molecule has 0 saturated heterocycles. The molecule has 1 saturated carbocycles. The maximum absolute atomic E-state index is 13.0. The average Bonchev–Trinajstić information content (AvgIpc) is 3.29. The average molecular weight is 444 g/mol. The number of aromatic amines is 1. The van der Waals surface area contributed by atoms with Gasteiger partial charge in [-0.3, -0.25) is 19.0 Å². The summed E-state index contributed by atoms with van der Waals surface area (Å²) in [6, 6.07) is 5.09. The summed E-state index contributed by atoms with van der Waals surface area (Å²) in [5, 5.41) is 4.28. The van der Waals surface area contributed by atoms with Crippen LogP contribution in [-0.4, -0.2) is 28.9 Å². The molecule has 4 aromatic rings. The third kappa shape index (κ3) is 3.63. The lowest BCUT2D eigenvalue weighted by Crippen LogP contribution is -2.29. The number of aryl methyl sites for hydroxylation is 1. The molecule has 0 unspecified atom stereocenters. The van der Waals surface area contributed by atoms with Crippen LogP contribution in [0.1, 0.15) is 24.0 Å². The lowest BCUT2D eigenvalue weighted by molar-refractivity contribution is -0.137. The second-order valence-electron chi connectivity index (χ2n) is 8.10. The van der Waals surface area contributed by atoms with Gasteiger partial charge < -0.3 is 4.57 Å². The third-order valence-corrected chi connectivity index (χ3v) is 5.64.